The molecule has 126 valence electrons. The molecule has 0 bridgehead atoms. The molecule has 1 amide bonds. The maximum absolute atomic E-state index is 13.6. The van der Waals surface area contributed by atoms with Gasteiger partial charge in [0.1, 0.15) is 11.6 Å². The first-order valence-corrected chi connectivity index (χ1v) is 8.13. The minimum absolute atomic E-state index is 0.116. The van der Waals surface area contributed by atoms with Crippen LogP contribution in [0.25, 0.3) is 0 Å². The standard InChI is InChI=1S/C18H21FN4O/c1-13-8-15(10-16(19)9-13)18(24)23-5-3-4-22(6-7-23)17-12-20-11-14(2)21-17/h8-12H,3-7H2,1-2H3. The molecule has 1 aromatic carbocycles. The summed E-state index contributed by atoms with van der Waals surface area (Å²) in [5.74, 6) is 0.352. The topological polar surface area (TPSA) is 49.3 Å². The first-order valence-electron chi connectivity index (χ1n) is 8.13. The molecule has 5 nitrogen and oxygen atoms in total. The number of rotatable bonds is 2. The number of hydrogen-bond acceptors (Lipinski definition) is 4. The van der Waals surface area contributed by atoms with Crippen LogP contribution in [0.2, 0.25) is 0 Å². The highest BCUT2D eigenvalue weighted by Crippen LogP contribution is 2.16. The Balaban J connectivity index is 1.72. The van der Waals surface area contributed by atoms with Crippen molar-refractivity contribution in [1.82, 2.24) is 14.9 Å². The zero-order chi connectivity index (χ0) is 17.1. The van der Waals surface area contributed by atoms with Gasteiger partial charge in [-0.15, -0.1) is 0 Å². The molecule has 1 aromatic heterocycles. The molecular weight excluding hydrogens is 307 g/mol. The van der Waals surface area contributed by atoms with E-state index in [2.05, 4.69) is 14.9 Å². The Morgan fingerprint density at radius 3 is 2.67 bits per heavy atom. The summed E-state index contributed by atoms with van der Waals surface area (Å²) in [6.07, 6.45) is 4.32. The van der Waals surface area contributed by atoms with Gasteiger partial charge in [0.15, 0.2) is 0 Å². The van der Waals surface area contributed by atoms with Crippen LogP contribution < -0.4 is 4.90 Å². The molecule has 1 saturated heterocycles. The van der Waals surface area contributed by atoms with Crippen LogP contribution in [-0.4, -0.2) is 47.0 Å². The van der Waals surface area contributed by atoms with E-state index in [1.807, 2.05) is 6.92 Å². The minimum atomic E-state index is -0.371. The molecule has 24 heavy (non-hydrogen) atoms. The van der Waals surface area contributed by atoms with E-state index in [0.29, 0.717) is 25.2 Å². The molecule has 0 unspecified atom stereocenters. The third-order valence-electron chi connectivity index (χ3n) is 4.14. The van der Waals surface area contributed by atoms with Crippen molar-refractivity contribution in [1.29, 1.82) is 0 Å². The molecule has 1 aliphatic rings. The van der Waals surface area contributed by atoms with Gasteiger partial charge in [0, 0.05) is 37.9 Å². The lowest BCUT2D eigenvalue weighted by Crippen LogP contribution is -2.35. The lowest BCUT2D eigenvalue weighted by molar-refractivity contribution is 0.0766. The van der Waals surface area contributed by atoms with Crippen molar-refractivity contribution in [3.8, 4) is 0 Å². The number of amides is 1. The van der Waals surface area contributed by atoms with Crippen LogP contribution in [-0.2, 0) is 0 Å². The van der Waals surface area contributed by atoms with Gasteiger partial charge >= 0.3 is 0 Å². The predicted molar refractivity (Wildman–Crippen MR) is 90.6 cm³/mol. The third kappa shape index (κ3) is 3.69. The van der Waals surface area contributed by atoms with E-state index in [1.165, 1.54) is 12.1 Å². The SMILES string of the molecule is Cc1cc(F)cc(C(=O)N2CCCN(c3cncc(C)n3)CC2)c1. The Morgan fingerprint density at radius 2 is 1.92 bits per heavy atom. The van der Waals surface area contributed by atoms with Crippen LogP contribution in [0.3, 0.4) is 0 Å². The van der Waals surface area contributed by atoms with Gasteiger partial charge in [0.2, 0.25) is 0 Å². The number of aromatic nitrogens is 2. The molecule has 0 spiro atoms. The van der Waals surface area contributed by atoms with E-state index in [-0.39, 0.29) is 11.7 Å². The summed E-state index contributed by atoms with van der Waals surface area (Å²) in [4.78, 5) is 25.3. The van der Waals surface area contributed by atoms with Crippen molar-refractivity contribution >= 4 is 11.7 Å². The van der Waals surface area contributed by atoms with Gasteiger partial charge < -0.3 is 9.80 Å². The number of halogens is 1. The predicted octanol–water partition coefficient (Wildman–Crippen LogP) is 2.59. The van der Waals surface area contributed by atoms with Crippen molar-refractivity contribution in [2.75, 3.05) is 31.1 Å². The normalized spacial score (nSPS) is 15.3. The summed E-state index contributed by atoms with van der Waals surface area (Å²) < 4.78 is 13.6. The van der Waals surface area contributed by atoms with Crippen molar-refractivity contribution in [3.05, 3.63) is 53.2 Å². The van der Waals surface area contributed by atoms with E-state index in [4.69, 9.17) is 0 Å². The fourth-order valence-electron chi connectivity index (χ4n) is 2.99. The molecule has 6 heteroatoms. The summed E-state index contributed by atoms with van der Waals surface area (Å²) in [7, 11) is 0. The second kappa shape index (κ2) is 6.95. The molecule has 0 saturated carbocycles. The molecule has 2 aromatic rings. The quantitative estimate of drug-likeness (QED) is 0.850. The molecule has 0 aliphatic carbocycles. The second-order valence-electron chi connectivity index (χ2n) is 6.17. The van der Waals surface area contributed by atoms with E-state index in [0.717, 1.165) is 30.0 Å². The number of nitrogens with zero attached hydrogens (tertiary/aromatic N) is 4. The molecule has 0 atom stereocenters. The summed E-state index contributed by atoms with van der Waals surface area (Å²) >= 11 is 0. The van der Waals surface area contributed by atoms with E-state index >= 15 is 0 Å². The van der Waals surface area contributed by atoms with Gasteiger partial charge in [-0.2, -0.15) is 0 Å². The minimum Gasteiger partial charge on any atom is -0.353 e. The number of carbonyl (C=O) groups is 1. The Hall–Kier alpha value is -2.50. The first kappa shape index (κ1) is 16.4. The van der Waals surface area contributed by atoms with Crippen molar-refractivity contribution in [2.24, 2.45) is 0 Å². The van der Waals surface area contributed by atoms with Crippen molar-refractivity contribution in [3.63, 3.8) is 0 Å². The molecule has 1 aliphatic heterocycles. The summed E-state index contributed by atoms with van der Waals surface area (Å²) in [6.45, 7) is 6.47. The number of anilines is 1. The van der Waals surface area contributed by atoms with Crippen LogP contribution in [0.15, 0.2) is 30.6 Å². The van der Waals surface area contributed by atoms with Gasteiger partial charge in [0.05, 0.1) is 11.9 Å². The van der Waals surface area contributed by atoms with Crippen molar-refractivity contribution < 1.29 is 9.18 Å². The Morgan fingerprint density at radius 1 is 1.08 bits per heavy atom. The highest BCUT2D eigenvalue weighted by molar-refractivity contribution is 5.94. The largest absolute Gasteiger partial charge is 0.353 e. The molecule has 3 rings (SSSR count). The van der Waals surface area contributed by atoms with E-state index < -0.39 is 0 Å². The zero-order valence-corrected chi connectivity index (χ0v) is 14.0. The smallest absolute Gasteiger partial charge is 0.254 e. The number of hydrogen-bond donors (Lipinski definition) is 0. The fourth-order valence-corrected chi connectivity index (χ4v) is 2.99. The second-order valence-corrected chi connectivity index (χ2v) is 6.17. The maximum atomic E-state index is 13.6. The molecule has 1 fully saturated rings. The molecule has 2 heterocycles. The average molecular weight is 328 g/mol. The first-order chi connectivity index (χ1) is 11.5. The lowest BCUT2D eigenvalue weighted by atomic mass is 10.1. The lowest BCUT2D eigenvalue weighted by Gasteiger charge is -2.23. The van der Waals surface area contributed by atoms with Crippen LogP contribution >= 0.6 is 0 Å². The summed E-state index contributed by atoms with van der Waals surface area (Å²) in [5, 5.41) is 0. The Bertz CT molecular complexity index is 729. The fraction of sp³-hybridized carbons (Fsp3) is 0.389. The van der Waals surface area contributed by atoms with Gasteiger partial charge in [0.25, 0.3) is 5.91 Å². The zero-order valence-electron chi connectivity index (χ0n) is 14.0. The molecule has 0 radical (unpaired) electrons. The maximum Gasteiger partial charge on any atom is 0.254 e. The monoisotopic (exact) mass is 328 g/mol. The highest BCUT2D eigenvalue weighted by Gasteiger charge is 2.21. The van der Waals surface area contributed by atoms with Gasteiger partial charge in [-0.1, -0.05) is 0 Å². The highest BCUT2D eigenvalue weighted by atomic mass is 19.1. The van der Waals surface area contributed by atoms with Crippen LogP contribution in [0.4, 0.5) is 10.2 Å². The van der Waals surface area contributed by atoms with Crippen LogP contribution in [0.5, 0.6) is 0 Å². The van der Waals surface area contributed by atoms with Gasteiger partial charge in [-0.3, -0.25) is 9.78 Å². The number of aryl methyl sites for hydroxylation is 2. The summed E-state index contributed by atoms with van der Waals surface area (Å²) in [6, 6.07) is 4.47. The van der Waals surface area contributed by atoms with Gasteiger partial charge in [-0.05, 0) is 44.0 Å². The Labute approximate surface area is 141 Å². The van der Waals surface area contributed by atoms with E-state index in [1.54, 1.807) is 30.3 Å². The van der Waals surface area contributed by atoms with Crippen LogP contribution in [0, 0.1) is 19.7 Å². The van der Waals surface area contributed by atoms with Gasteiger partial charge in [-0.25, -0.2) is 9.37 Å². The van der Waals surface area contributed by atoms with E-state index in [9.17, 15) is 9.18 Å². The summed E-state index contributed by atoms with van der Waals surface area (Å²) in [5.41, 5.74) is 2.04. The Kier molecular flexibility index (Phi) is 4.74. The average Bonchev–Trinajstić information content (AvgIpc) is 2.79. The third-order valence-corrected chi connectivity index (χ3v) is 4.14. The molecule has 0 N–H and O–H groups in total. The number of benzene rings is 1. The molecular formula is C18H21FN4O. The number of carbonyl (C=O) groups excluding carboxylic acids is 1. The van der Waals surface area contributed by atoms with Crippen LogP contribution in [0.1, 0.15) is 28.0 Å². The van der Waals surface area contributed by atoms with Crippen molar-refractivity contribution in [2.45, 2.75) is 20.3 Å².